The van der Waals surface area contributed by atoms with E-state index < -0.39 is 17.7 Å². The molecule has 0 unspecified atom stereocenters. The van der Waals surface area contributed by atoms with E-state index in [-0.39, 0.29) is 12.4 Å². The SMILES string of the molecule is COC(=O)c1nnc2n1CCN(C(=O)OC(C)(C)C)C2. The van der Waals surface area contributed by atoms with Crippen molar-refractivity contribution in [3.63, 3.8) is 0 Å². The Kier molecular flexibility index (Phi) is 3.65. The molecular formula is C12H18N4O4. The minimum absolute atomic E-state index is 0.159. The largest absolute Gasteiger partial charge is 0.463 e. The number of methoxy groups -OCH3 is 1. The van der Waals surface area contributed by atoms with Crippen molar-refractivity contribution in [2.45, 2.75) is 39.5 Å². The van der Waals surface area contributed by atoms with Gasteiger partial charge in [0.1, 0.15) is 5.60 Å². The molecule has 0 fully saturated rings. The van der Waals surface area contributed by atoms with E-state index in [1.54, 1.807) is 4.57 Å². The van der Waals surface area contributed by atoms with Gasteiger partial charge in [-0.15, -0.1) is 10.2 Å². The van der Waals surface area contributed by atoms with Crippen LogP contribution in [0.2, 0.25) is 0 Å². The molecular weight excluding hydrogens is 264 g/mol. The molecule has 2 rings (SSSR count). The maximum absolute atomic E-state index is 12.0. The third-order valence-corrected chi connectivity index (χ3v) is 2.77. The molecule has 0 spiro atoms. The predicted molar refractivity (Wildman–Crippen MR) is 68.0 cm³/mol. The van der Waals surface area contributed by atoms with Crippen molar-refractivity contribution in [2.75, 3.05) is 13.7 Å². The fraction of sp³-hybridized carbons (Fsp3) is 0.667. The zero-order chi connectivity index (χ0) is 14.9. The normalized spacial score (nSPS) is 14.7. The Balaban J connectivity index is 2.11. The van der Waals surface area contributed by atoms with Gasteiger partial charge in [0.05, 0.1) is 13.7 Å². The quantitative estimate of drug-likeness (QED) is 0.709. The number of carbonyl (C=O) groups excluding carboxylic acids is 2. The van der Waals surface area contributed by atoms with Crippen LogP contribution in [-0.4, -0.2) is 51.0 Å². The van der Waals surface area contributed by atoms with Gasteiger partial charge in [-0.05, 0) is 20.8 Å². The minimum Gasteiger partial charge on any atom is -0.463 e. The van der Waals surface area contributed by atoms with Gasteiger partial charge in [-0.3, -0.25) is 4.90 Å². The highest BCUT2D eigenvalue weighted by atomic mass is 16.6. The van der Waals surface area contributed by atoms with Crippen molar-refractivity contribution >= 4 is 12.1 Å². The number of nitrogens with zero attached hydrogens (tertiary/aromatic N) is 4. The summed E-state index contributed by atoms with van der Waals surface area (Å²) >= 11 is 0. The van der Waals surface area contributed by atoms with Gasteiger partial charge >= 0.3 is 12.1 Å². The summed E-state index contributed by atoms with van der Waals surface area (Å²) in [6.07, 6.45) is -0.397. The summed E-state index contributed by atoms with van der Waals surface area (Å²) < 4.78 is 11.6. The third-order valence-electron chi connectivity index (χ3n) is 2.77. The first kappa shape index (κ1) is 14.3. The summed E-state index contributed by atoms with van der Waals surface area (Å²) in [7, 11) is 1.29. The maximum atomic E-state index is 12.0. The Bertz CT molecular complexity index is 532. The van der Waals surface area contributed by atoms with Crippen LogP contribution < -0.4 is 0 Å². The van der Waals surface area contributed by atoms with Crippen LogP contribution >= 0.6 is 0 Å². The lowest BCUT2D eigenvalue weighted by Gasteiger charge is -2.30. The highest BCUT2D eigenvalue weighted by Crippen LogP contribution is 2.16. The van der Waals surface area contributed by atoms with E-state index in [4.69, 9.17) is 4.74 Å². The van der Waals surface area contributed by atoms with E-state index in [1.807, 2.05) is 20.8 Å². The molecule has 1 aliphatic heterocycles. The fourth-order valence-electron chi connectivity index (χ4n) is 1.88. The molecule has 1 aliphatic rings. The van der Waals surface area contributed by atoms with Gasteiger partial charge in [0.15, 0.2) is 5.82 Å². The van der Waals surface area contributed by atoms with Gasteiger partial charge in [-0.2, -0.15) is 0 Å². The van der Waals surface area contributed by atoms with Crippen molar-refractivity contribution in [2.24, 2.45) is 0 Å². The van der Waals surface area contributed by atoms with Gasteiger partial charge in [-0.1, -0.05) is 0 Å². The van der Waals surface area contributed by atoms with Crippen molar-refractivity contribution in [3.8, 4) is 0 Å². The van der Waals surface area contributed by atoms with Crippen LogP contribution in [0.25, 0.3) is 0 Å². The van der Waals surface area contributed by atoms with E-state index in [2.05, 4.69) is 14.9 Å². The van der Waals surface area contributed by atoms with E-state index >= 15 is 0 Å². The van der Waals surface area contributed by atoms with Gasteiger partial charge in [0.2, 0.25) is 5.82 Å². The monoisotopic (exact) mass is 282 g/mol. The van der Waals surface area contributed by atoms with Crippen LogP contribution in [0.15, 0.2) is 0 Å². The second kappa shape index (κ2) is 5.10. The van der Waals surface area contributed by atoms with Crippen molar-refractivity contribution in [1.82, 2.24) is 19.7 Å². The highest BCUT2D eigenvalue weighted by Gasteiger charge is 2.29. The molecule has 1 aromatic heterocycles. The Morgan fingerprint density at radius 3 is 2.50 bits per heavy atom. The van der Waals surface area contributed by atoms with Crippen LogP contribution in [-0.2, 0) is 22.6 Å². The number of esters is 1. The Hall–Kier alpha value is -2.12. The van der Waals surface area contributed by atoms with Crippen LogP contribution in [0.5, 0.6) is 0 Å². The zero-order valence-corrected chi connectivity index (χ0v) is 12.0. The summed E-state index contributed by atoms with van der Waals surface area (Å²) in [6.45, 7) is 6.57. The number of rotatable bonds is 1. The summed E-state index contributed by atoms with van der Waals surface area (Å²) in [5.74, 6) is 0.170. The van der Waals surface area contributed by atoms with Gasteiger partial charge in [-0.25, -0.2) is 9.59 Å². The fourth-order valence-corrected chi connectivity index (χ4v) is 1.88. The number of fused-ring (bicyclic) bond motifs is 1. The molecule has 110 valence electrons. The third kappa shape index (κ3) is 2.89. The van der Waals surface area contributed by atoms with Crippen LogP contribution in [0.1, 0.15) is 37.2 Å². The van der Waals surface area contributed by atoms with E-state index in [9.17, 15) is 9.59 Å². The van der Waals surface area contributed by atoms with Gasteiger partial charge in [0, 0.05) is 13.1 Å². The maximum Gasteiger partial charge on any atom is 0.410 e. The Morgan fingerprint density at radius 1 is 1.20 bits per heavy atom. The summed E-state index contributed by atoms with van der Waals surface area (Å²) in [5, 5.41) is 7.71. The standard InChI is InChI=1S/C12H18N4O4/c1-12(2,3)20-11(18)15-5-6-16-8(7-15)13-14-9(16)10(17)19-4/h5-7H2,1-4H3. The summed E-state index contributed by atoms with van der Waals surface area (Å²) in [6, 6.07) is 0. The van der Waals surface area contributed by atoms with Crippen molar-refractivity contribution in [3.05, 3.63) is 11.6 Å². The molecule has 0 bridgehead atoms. The second-order valence-corrected chi connectivity index (χ2v) is 5.48. The molecule has 0 radical (unpaired) electrons. The van der Waals surface area contributed by atoms with Crippen molar-refractivity contribution in [1.29, 1.82) is 0 Å². The highest BCUT2D eigenvalue weighted by molar-refractivity contribution is 5.85. The van der Waals surface area contributed by atoms with E-state index in [1.165, 1.54) is 12.0 Å². The van der Waals surface area contributed by atoms with Crippen molar-refractivity contribution < 1.29 is 19.1 Å². The molecule has 2 heterocycles. The molecule has 8 nitrogen and oxygen atoms in total. The lowest BCUT2D eigenvalue weighted by atomic mass is 10.2. The average Bonchev–Trinajstić information content (AvgIpc) is 2.78. The first-order valence-electron chi connectivity index (χ1n) is 6.30. The van der Waals surface area contributed by atoms with Crippen LogP contribution in [0.4, 0.5) is 4.79 Å². The van der Waals surface area contributed by atoms with Gasteiger partial charge < -0.3 is 14.0 Å². The van der Waals surface area contributed by atoms with Crippen LogP contribution in [0.3, 0.4) is 0 Å². The number of aromatic nitrogens is 3. The lowest BCUT2D eigenvalue weighted by Crippen LogP contribution is -2.42. The molecule has 0 aliphatic carbocycles. The molecule has 8 heteroatoms. The zero-order valence-electron chi connectivity index (χ0n) is 12.0. The molecule has 0 N–H and O–H groups in total. The van der Waals surface area contributed by atoms with Gasteiger partial charge in [0.25, 0.3) is 0 Å². The minimum atomic E-state index is -0.542. The predicted octanol–water partition coefficient (Wildman–Crippen LogP) is 0.815. The number of ether oxygens (including phenoxy) is 2. The molecule has 1 amide bonds. The molecule has 20 heavy (non-hydrogen) atoms. The molecule has 0 aromatic carbocycles. The van der Waals surface area contributed by atoms with E-state index in [0.29, 0.717) is 18.9 Å². The lowest BCUT2D eigenvalue weighted by molar-refractivity contribution is 0.0194. The first-order valence-corrected chi connectivity index (χ1v) is 6.30. The second-order valence-electron chi connectivity index (χ2n) is 5.48. The Morgan fingerprint density at radius 2 is 1.90 bits per heavy atom. The van der Waals surface area contributed by atoms with Crippen LogP contribution in [0, 0.1) is 0 Å². The Labute approximate surface area is 116 Å². The number of carbonyl (C=O) groups is 2. The van der Waals surface area contributed by atoms with E-state index in [0.717, 1.165) is 0 Å². The molecule has 0 saturated carbocycles. The summed E-state index contributed by atoms with van der Waals surface area (Å²) in [5.41, 5.74) is -0.542. The smallest absolute Gasteiger partial charge is 0.410 e. The molecule has 0 atom stereocenters. The first-order chi connectivity index (χ1) is 9.31. The topological polar surface area (TPSA) is 86.5 Å². The average molecular weight is 282 g/mol. The number of hydrogen-bond donors (Lipinski definition) is 0. The molecule has 1 aromatic rings. The molecule has 0 saturated heterocycles. The number of amides is 1. The summed E-state index contributed by atoms with van der Waals surface area (Å²) in [4.78, 5) is 25.0. The number of hydrogen-bond acceptors (Lipinski definition) is 6.